The summed E-state index contributed by atoms with van der Waals surface area (Å²) in [5.74, 6) is 0.243. The Morgan fingerprint density at radius 2 is 1.82 bits per heavy atom. The van der Waals surface area contributed by atoms with Crippen LogP contribution in [0.1, 0.15) is 54.8 Å². The number of nitrogens with one attached hydrogen (secondary N) is 1. The average Bonchev–Trinajstić information content (AvgIpc) is 2.68. The number of hydrogen-bond donors (Lipinski definition) is 1. The van der Waals surface area contributed by atoms with Gasteiger partial charge in [-0.15, -0.1) is 0 Å². The molecule has 146 valence electrons. The molecule has 4 heteroatoms. The van der Waals surface area contributed by atoms with Gasteiger partial charge in [-0.1, -0.05) is 44.2 Å². The van der Waals surface area contributed by atoms with Crippen molar-refractivity contribution in [2.45, 2.75) is 40.2 Å². The number of esters is 1. The van der Waals surface area contributed by atoms with E-state index in [9.17, 15) is 4.79 Å². The summed E-state index contributed by atoms with van der Waals surface area (Å²) in [7, 11) is 0. The van der Waals surface area contributed by atoms with E-state index in [0.717, 1.165) is 34.3 Å². The van der Waals surface area contributed by atoms with Gasteiger partial charge in [0.05, 0.1) is 35.1 Å². The molecule has 2 aromatic carbocycles. The molecule has 28 heavy (non-hydrogen) atoms. The van der Waals surface area contributed by atoms with E-state index in [1.165, 1.54) is 0 Å². The number of fused-ring (bicyclic) bond motifs is 1. The van der Waals surface area contributed by atoms with Crippen LogP contribution >= 0.6 is 0 Å². The number of anilines is 1. The Morgan fingerprint density at radius 1 is 1.11 bits per heavy atom. The van der Waals surface area contributed by atoms with Gasteiger partial charge < -0.3 is 10.1 Å². The highest BCUT2D eigenvalue weighted by Gasteiger charge is 2.16. The molecule has 1 unspecified atom stereocenters. The monoisotopic (exact) mass is 376 g/mol. The van der Waals surface area contributed by atoms with E-state index in [1.54, 1.807) is 0 Å². The highest BCUT2D eigenvalue weighted by Crippen LogP contribution is 2.29. The van der Waals surface area contributed by atoms with Gasteiger partial charge in [-0.25, -0.2) is 4.79 Å². The summed E-state index contributed by atoms with van der Waals surface area (Å²) in [6.45, 7) is 8.66. The quantitative estimate of drug-likeness (QED) is 0.520. The van der Waals surface area contributed by atoms with Crippen LogP contribution in [0.2, 0.25) is 0 Å². The summed E-state index contributed by atoms with van der Waals surface area (Å²) in [6.07, 6.45) is 0.977. The molecule has 3 aromatic rings. The number of nitrogens with zero attached hydrogens (tertiary/aromatic N) is 1. The van der Waals surface area contributed by atoms with Crippen LogP contribution in [-0.4, -0.2) is 17.6 Å². The molecule has 0 spiro atoms. The lowest BCUT2D eigenvalue weighted by Crippen LogP contribution is -2.15. The number of carbonyl (C=O) groups excluding carboxylic acids is 1. The van der Waals surface area contributed by atoms with Crippen LogP contribution in [0.3, 0.4) is 0 Å². The Kier molecular flexibility index (Phi) is 6.30. The van der Waals surface area contributed by atoms with Gasteiger partial charge in [-0.3, -0.25) is 4.98 Å². The van der Waals surface area contributed by atoms with Gasteiger partial charge in [0.15, 0.2) is 0 Å². The van der Waals surface area contributed by atoms with E-state index in [4.69, 9.17) is 9.72 Å². The fourth-order valence-corrected chi connectivity index (χ4v) is 3.36. The Hall–Kier alpha value is -2.88. The summed E-state index contributed by atoms with van der Waals surface area (Å²) in [6, 6.07) is 18.2. The number of aryl methyl sites for hydroxylation is 1. The zero-order valence-electron chi connectivity index (χ0n) is 17.0. The molecule has 0 aliphatic carbocycles. The number of benzene rings is 2. The summed E-state index contributed by atoms with van der Waals surface area (Å²) < 4.78 is 5.08. The standard InChI is InChI=1S/C24H28N2O2/c1-5-28-24(27)19-12-10-18(11-13-19)23(14-16(2)3)26-22-15-20-8-6-7-9-21(20)25-17(22)4/h6-13,15-16,23,26H,5,14H2,1-4H3. The molecule has 0 aliphatic heterocycles. The van der Waals surface area contributed by atoms with Crippen LogP contribution in [0.4, 0.5) is 5.69 Å². The first-order valence-electron chi connectivity index (χ1n) is 9.88. The van der Waals surface area contributed by atoms with Crippen LogP contribution in [-0.2, 0) is 4.74 Å². The smallest absolute Gasteiger partial charge is 0.338 e. The molecular weight excluding hydrogens is 348 g/mol. The normalized spacial score (nSPS) is 12.2. The van der Waals surface area contributed by atoms with Crippen molar-refractivity contribution < 1.29 is 9.53 Å². The molecule has 0 saturated heterocycles. The molecular formula is C24H28N2O2. The third-order valence-corrected chi connectivity index (χ3v) is 4.78. The zero-order chi connectivity index (χ0) is 20.1. The number of rotatable bonds is 7. The molecule has 1 aromatic heterocycles. The molecule has 0 bridgehead atoms. The number of pyridine rings is 1. The summed E-state index contributed by atoms with van der Waals surface area (Å²) in [4.78, 5) is 16.7. The molecule has 1 heterocycles. The molecule has 4 nitrogen and oxygen atoms in total. The molecule has 0 saturated carbocycles. The van der Waals surface area contributed by atoms with E-state index in [2.05, 4.69) is 31.3 Å². The lowest BCUT2D eigenvalue weighted by Gasteiger charge is -2.23. The minimum Gasteiger partial charge on any atom is -0.462 e. The predicted octanol–water partition coefficient (Wildman–Crippen LogP) is 5.92. The maximum atomic E-state index is 11.9. The first-order valence-corrected chi connectivity index (χ1v) is 9.88. The fourth-order valence-electron chi connectivity index (χ4n) is 3.36. The lowest BCUT2D eigenvalue weighted by atomic mass is 9.95. The summed E-state index contributed by atoms with van der Waals surface area (Å²) in [5.41, 5.74) is 4.76. The van der Waals surface area contributed by atoms with E-state index in [1.807, 2.05) is 56.3 Å². The highest BCUT2D eigenvalue weighted by atomic mass is 16.5. The Morgan fingerprint density at radius 3 is 2.50 bits per heavy atom. The number of hydrogen-bond acceptors (Lipinski definition) is 4. The van der Waals surface area contributed by atoms with Gasteiger partial charge >= 0.3 is 5.97 Å². The van der Waals surface area contributed by atoms with E-state index < -0.39 is 0 Å². The second kappa shape index (κ2) is 8.87. The Balaban J connectivity index is 1.88. The predicted molar refractivity (Wildman–Crippen MR) is 115 cm³/mol. The summed E-state index contributed by atoms with van der Waals surface area (Å²) in [5, 5.41) is 4.80. The van der Waals surface area contributed by atoms with Crippen molar-refractivity contribution in [3.63, 3.8) is 0 Å². The average molecular weight is 377 g/mol. The molecule has 0 aliphatic rings. The third kappa shape index (κ3) is 4.69. The van der Waals surface area contributed by atoms with Crippen molar-refractivity contribution in [1.29, 1.82) is 0 Å². The minimum atomic E-state index is -0.281. The van der Waals surface area contributed by atoms with Gasteiger partial charge in [0, 0.05) is 5.39 Å². The lowest BCUT2D eigenvalue weighted by molar-refractivity contribution is 0.0526. The number of aromatic nitrogens is 1. The van der Waals surface area contributed by atoms with Gasteiger partial charge in [0.25, 0.3) is 0 Å². The molecule has 3 rings (SSSR count). The summed E-state index contributed by atoms with van der Waals surface area (Å²) >= 11 is 0. The minimum absolute atomic E-state index is 0.137. The van der Waals surface area contributed by atoms with E-state index >= 15 is 0 Å². The van der Waals surface area contributed by atoms with Gasteiger partial charge in [-0.2, -0.15) is 0 Å². The first-order chi connectivity index (χ1) is 13.5. The molecule has 0 fully saturated rings. The largest absolute Gasteiger partial charge is 0.462 e. The van der Waals surface area contributed by atoms with Crippen molar-refractivity contribution in [1.82, 2.24) is 4.98 Å². The molecule has 1 N–H and O–H groups in total. The van der Waals surface area contributed by atoms with E-state index in [-0.39, 0.29) is 12.0 Å². The van der Waals surface area contributed by atoms with Crippen molar-refractivity contribution in [3.8, 4) is 0 Å². The Labute approximate surface area is 166 Å². The van der Waals surface area contributed by atoms with Crippen molar-refractivity contribution in [3.05, 3.63) is 71.4 Å². The first kappa shape index (κ1) is 19.9. The van der Waals surface area contributed by atoms with Gasteiger partial charge in [0.2, 0.25) is 0 Å². The third-order valence-electron chi connectivity index (χ3n) is 4.78. The fraction of sp³-hybridized carbons (Fsp3) is 0.333. The van der Waals surface area contributed by atoms with Crippen LogP contribution in [0.5, 0.6) is 0 Å². The van der Waals surface area contributed by atoms with Crippen LogP contribution in [0.25, 0.3) is 10.9 Å². The molecule has 1 atom stereocenters. The zero-order valence-corrected chi connectivity index (χ0v) is 17.0. The highest BCUT2D eigenvalue weighted by molar-refractivity contribution is 5.89. The van der Waals surface area contributed by atoms with Crippen LogP contribution in [0, 0.1) is 12.8 Å². The SMILES string of the molecule is CCOC(=O)c1ccc(C(CC(C)C)Nc2cc3ccccc3nc2C)cc1. The van der Waals surface area contributed by atoms with Gasteiger partial charge in [-0.05, 0) is 56.0 Å². The van der Waals surface area contributed by atoms with Crippen molar-refractivity contribution in [2.24, 2.45) is 5.92 Å². The molecule has 0 amide bonds. The molecule has 0 radical (unpaired) electrons. The van der Waals surface area contributed by atoms with Gasteiger partial charge in [0.1, 0.15) is 0 Å². The van der Waals surface area contributed by atoms with Crippen molar-refractivity contribution >= 4 is 22.6 Å². The maximum absolute atomic E-state index is 11.9. The number of carbonyl (C=O) groups is 1. The second-order valence-electron chi connectivity index (χ2n) is 7.48. The topological polar surface area (TPSA) is 51.2 Å². The van der Waals surface area contributed by atoms with Crippen LogP contribution < -0.4 is 5.32 Å². The van der Waals surface area contributed by atoms with Crippen LogP contribution in [0.15, 0.2) is 54.6 Å². The number of para-hydroxylation sites is 1. The Bertz CT molecular complexity index is 948. The van der Waals surface area contributed by atoms with E-state index in [0.29, 0.717) is 18.1 Å². The second-order valence-corrected chi connectivity index (χ2v) is 7.48. The number of ether oxygens (including phenoxy) is 1. The van der Waals surface area contributed by atoms with Crippen molar-refractivity contribution in [2.75, 3.05) is 11.9 Å². The maximum Gasteiger partial charge on any atom is 0.338 e.